The van der Waals surface area contributed by atoms with Crippen molar-refractivity contribution in [2.24, 2.45) is 0 Å². The van der Waals surface area contributed by atoms with E-state index in [4.69, 9.17) is 0 Å². The van der Waals surface area contributed by atoms with Crippen LogP contribution in [0.5, 0.6) is 0 Å². The Bertz CT molecular complexity index is 174. The molecule has 1 heterocycles. The van der Waals surface area contributed by atoms with Gasteiger partial charge in [-0.3, -0.25) is 4.79 Å². The van der Waals surface area contributed by atoms with Gasteiger partial charge in [-0.1, -0.05) is 0 Å². The van der Waals surface area contributed by atoms with Crippen molar-refractivity contribution < 1.29 is 13.6 Å². The molecule has 0 aliphatic carbocycles. The van der Waals surface area contributed by atoms with E-state index in [0.717, 1.165) is 12.8 Å². The zero-order valence-corrected chi connectivity index (χ0v) is 7.26. The number of carbonyl (C=O) groups excluding carboxylic acids is 1. The summed E-state index contributed by atoms with van der Waals surface area (Å²) in [6.45, 7) is 3.62. The fourth-order valence-corrected chi connectivity index (χ4v) is 1.74. The molecule has 1 fully saturated rings. The summed E-state index contributed by atoms with van der Waals surface area (Å²) in [5, 5.41) is 0. The van der Waals surface area contributed by atoms with Crippen LogP contribution in [0.25, 0.3) is 0 Å². The number of carbonyl (C=O) groups is 1. The van der Waals surface area contributed by atoms with Crippen LogP contribution in [-0.2, 0) is 4.79 Å². The molecule has 4 heteroatoms. The minimum atomic E-state index is -2.85. The Labute approximate surface area is 70.5 Å². The summed E-state index contributed by atoms with van der Waals surface area (Å²) >= 11 is 0. The van der Waals surface area contributed by atoms with Crippen molar-refractivity contribution in [3.63, 3.8) is 0 Å². The van der Waals surface area contributed by atoms with Gasteiger partial charge in [-0.05, 0) is 26.7 Å². The van der Waals surface area contributed by atoms with Gasteiger partial charge < -0.3 is 4.90 Å². The highest BCUT2D eigenvalue weighted by molar-refractivity contribution is 5.80. The second-order valence-electron chi connectivity index (χ2n) is 3.32. The first-order valence-corrected chi connectivity index (χ1v) is 4.14. The Kier molecular flexibility index (Phi) is 2.65. The molecular weight excluding hydrogens is 164 g/mol. The van der Waals surface area contributed by atoms with Crippen molar-refractivity contribution in [3.8, 4) is 0 Å². The highest BCUT2D eigenvalue weighted by Crippen LogP contribution is 2.24. The molecule has 1 rings (SSSR count). The molecule has 2 nitrogen and oxygen atoms in total. The maximum absolute atomic E-state index is 12.0. The second-order valence-corrected chi connectivity index (χ2v) is 3.32. The Morgan fingerprint density at radius 1 is 1.33 bits per heavy atom. The molecule has 0 radical (unpaired) electrons. The summed E-state index contributed by atoms with van der Waals surface area (Å²) in [6, 6.07) is -0.0528. The number of amides is 1. The van der Waals surface area contributed by atoms with Gasteiger partial charge >= 0.3 is 6.43 Å². The van der Waals surface area contributed by atoms with Crippen molar-refractivity contribution in [3.05, 3.63) is 0 Å². The smallest absolute Gasteiger partial charge is 0.315 e. The number of hydrogen-bond acceptors (Lipinski definition) is 1. The third-order valence-corrected chi connectivity index (χ3v) is 2.39. The van der Waals surface area contributed by atoms with E-state index in [-0.39, 0.29) is 12.1 Å². The van der Waals surface area contributed by atoms with Crippen LogP contribution in [0, 0.1) is 0 Å². The average molecular weight is 177 g/mol. The maximum atomic E-state index is 12.0. The van der Waals surface area contributed by atoms with Crippen molar-refractivity contribution in [1.29, 1.82) is 0 Å². The maximum Gasteiger partial charge on any atom is 0.315 e. The monoisotopic (exact) mass is 177 g/mol. The van der Waals surface area contributed by atoms with Gasteiger partial charge in [0.05, 0.1) is 0 Å². The van der Waals surface area contributed by atoms with Crippen LogP contribution in [0.1, 0.15) is 26.7 Å². The standard InChI is InChI=1S/C8H13F2NO/c1-5-3-4-6(2)11(5)8(12)7(9)10/h5-7H,3-4H2,1-2H3. The first-order chi connectivity index (χ1) is 5.54. The number of rotatable bonds is 1. The van der Waals surface area contributed by atoms with Crippen LogP contribution < -0.4 is 0 Å². The lowest BCUT2D eigenvalue weighted by Crippen LogP contribution is -2.41. The van der Waals surface area contributed by atoms with E-state index in [1.54, 1.807) is 0 Å². The molecule has 2 atom stereocenters. The summed E-state index contributed by atoms with van der Waals surface area (Å²) < 4.78 is 24.1. The molecule has 1 saturated heterocycles. The summed E-state index contributed by atoms with van der Waals surface area (Å²) in [7, 11) is 0. The van der Waals surface area contributed by atoms with Crippen molar-refractivity contribution in [1.82, 2.24) is 4.90 Å². The lowest BCUT2D eigenvalue weighted by atomic mass is 10.2. The number of nitrogens with zero attached hydrogens (tertiary/aromatic N) is 1. The van der Waals surface area contributed by atoms with Gasteiger partial charge in [0.2, 0.25) is 0 Å². The molecule has 2 unspecified atom stereocenters. The lowest BCUT2D eigenvalue weighted by Gasteiger charge is -2.25. The van der Waals surface area contributed by atoms with E-state index in [1.165, 1.54) is 4.90 Å². The molecule has 0 N–H and O–H groups in total. The predicted molar refractivity (Wildman–Crippen MR) is 41.0 cm³/mol. The quantitative estimate of drug-likeness (QED) is 0.596. The number of hydrogen-bond donors (Lipinski definition) is 0. The lowest BCUT2D eigenvalue weighted by molar-refractivity contribution is -0.145. The van der Waals surface area contributed by atoms with E-state index < -0.39 is 12.3 Å². The molecule has 0 saturated carbocycles. The normalized spacial score (nSPS) is 29.9. The van der Waals surface area contributed by atoms with E-state index in [9.17, 15) is 13.6 Å². The third-order valence-electron chi connectivity index (χ3n) is 2.39. The summed E-state index contributed by atoms with van der Waals surface area (Å²) in [4.78, 5) is 12.2. The average Bonchev–Trinajstić information content (AvgIpc) is 2.30. The molecular formula is C8H13F2NO. The summed E-state index contributed by atoms with van der Waals surface area (Å²) in [5.41, 5.74) is 0. The van der Waals surface area contributed by atoms with Crippen molar-refractivity contribution >= 4 is 5.91 Å². The van der Waals surface area contributed by atoms with E-state index in [1.807, 2.05) is 13.8 Å². The zero-order valence-electron chi connectivity index (χ0n) is 7.26. The van der Waals surface area contributed by atoms with Crippen molar-refractivity contribution in [2.45, 2.75) is 45.2 Å². The first-order valence-electron chi connectivity index (χ1n) is 4.14. The fraction of sp³-hybridized carbons (Fsp3) is 0.875. The molecule has 70 valence electrons. The molecule has 1 amide bonds. The van der Waals surface area contributed by atoms with Crippen LogP contribution in [0.4, 0.5) is 8.78 Å². The van der Waals surface area contributed by atoms with E-state index in [2.05, 4.69) is 0 Å². The third kappa shape index (κ3) is 1.57. The van der Waals surface area contributed by atoms with Gasteiger partial charge in [-0.15, -0.1) is 0 Å². The minimum Gasteiger partial charge on any atom is -0.332 e. The molecule has 1 aliphatic rings. The minimum absolute atomic E-state index is 0.0264. The van der Waals surface area contributed by atoms with Crippen LogP contribution in [0.3, 0.4) is 0 Å². The SMILES string of the molecule is CC1CCC(C)N1C(=O)C(F)F. The second kappa shape index (κ2) is 3.37. The Balaban J connectivity index is 2.66. The Morgan fingerprint density at radius 2 is 1.75 bits per heavy atom. The molecule has 12 heavy (non-hydrogen) atoms. The van der Waals surface area contributed by atoms with Crippen LogP contribution in [0.15, 0.2) is 0 Å². The van der Waals surface area contributed by atoms with Crippen molar-refractivity contribution in [2.75, 3.05) is 0 Å². The van der Waals surface area contributed by atoms with Gasteiger partial charge in [-0.2, -0.15) is 8.78 Å². The number of halogens is 2. The summed E-state index contributed by atoms with van der Waals surface area (Å²) in [5.74, 6) is -1.02. The van der Waals surface area contributed by atoms with Gasteiger partial charge in [0.1, 0.15) is 0 Å². The number of alkyl halides is 2. The van der Waals surface area contributed by atoms with Crippen LogP contribution in [0.2, 0.25) is 0 Å². The van der Waals surface area contributed by atoms with Gasteiger partial charge in [0.15, 0.2) is 0 Å². The molecule has 0 aromatic rings. The molecule has 0 aromatic heterocycles. The summed E-state index contributed by atoms with van der Waals surface area (Å²) in [6.07, 6.45) is -1.19. The molecule has 0 spiro atoms. The van der Waals surface area contributed by atoms with E-state index >= 15 is 0 Å². The predicted octanol–water partition coefficient (Wildman–Crippen LogP) is 1.65. The first kappa shape index (κ1) is 9.42. The zero-order chi connectivity index (χ0) is 9.30. The van der Waals surface area contributed by atoms with Gasteiger partial charge in [-0.25, -0.2) is 0 Å². The Hall–Kier alpha value is -0.670. The largest absolute Gasteiger partial charge is 0.332 e. The molecule has 0 bridgehead atoms. The molecule has 1 aliphatic heterocycles. The van der Waals surface area contributed by atoms with Crippen LogP contribution in [-0.4, -0.2) is 29.3 Å². The highest BCUT2D eigenvalue weighted by Gasteiger charge is 2.35. The topological polar surface area (TPSA) is 20.3 Å². The highest BCUT2D eigenvalue weighted by atomic mass is 19.3. The Morgan fingerprint density at radius 3 is 2.08 bits per heavy atom. The van der Waals surface area contributed by atoms with Gasteiger partial charge in [0.25, 0.3) is 5.91 Å². The fourth-order valence-electron chi connectivity index (χ4n) is 1.74. The molecule has 0 aromatic carbocycles. The van der Waals surface area contributed by atoms with E-state index in [0.29, 0.717) is 0 Å². The number of likely N-dealkylation sites (tertiary alicyclic amines) is 1. The van der Waals surface area contributed by atoms with Crippen LogP contribution >= 0.6 is 0 Å². The van der Waals surface area contributed by atoms with Gasteiger partial charge in [0, 0.05) is 12.1 Å².